The van der Waals surface area contributed by atoms with Crippen molar-refractivity contribution in [2.24, 2.45) is 7.05 Å². The summed E-state index contributed by atoms with van der Waals surface area (Å²) < 4.78 is 3.06. The van der Waals surface area contributed by atoms with Crippen LogP contribution in [0.1, 0.15) is 0 Å². The van der Waals surface area contributed by atoms with Gasteiger partial charge in [-0.05, 0) is 36.4 Å². The van der Waals surface area contributed by atoms with Crippen molar-refractivity contribution in [3.8, 4) is 11.4 Å². The number of rotatable bonds is 1. The maximum atomic E-state index is 6.07. The van der Waals surface area contributed by atoms with Gasteiger partial charge in [-0.3, -0.25) is 0 Å². The molecule has 19 heavy (non-hydrogen) atoms. The number of halogens is 2. The van der Waals surface area contributed by atoms with Crippen molar-refractivity contribution < 1.29 is 0 Å². The molecule has 0 aliphatic carbocycles. The summed E-state index contributed by atoms with van der Waals surface area (Å²) in [7, 11) is 1.99. The lowest BCUT2D eigenvalue weighted by Crippen LogP contribution is -1.93. The number of benzene rings is 2. The molecule has 0 saturated carbocycles. The van der Waals surface area contributed by atoms with Gasteiger partial charge in [0.1, 0.15) is 5.82 Å². The molecule has 3 rings (SSSR count). The van der Waals surface area contributed by atoms with Crippen LogP contribution in [-0.2, 0) is 7.05 Å². The number of aromatic nitrogens is 2. The number of hydrogen-bond acceptors (Lipinski definition) is 2. The Morgan fingerprint density at radius 2 is 2.00 bits per heavy atom. The minimum absolute atomic E-state index is 0.547. The second-order valence-electron chi connectivity index (χ2n) is 4.36. The third-order valence-corrected chi connectivity index (χ3v) is 3.92. The molecule has 0 amide bonds. The van der Waals surface area contributed by atoms with Gasteiger partial charge in [0.2, 0.25) is 0 Å². The van der Waals surface area contributed by atoms with Crippen LogP contribution in [0.3, 0.4) is 0 Å². The number of aryl methyl sites for hydroxylation is 1. The molecule has 96 valence electrons. The van der Waals surface area contributed by atoms with Gasteiger partial charge in [0, 0.05) is 17.1 Å². The first-order valence-electron chi connectivity index (χ1n) is 5.73. The molecule has 3 aromatic rings. The molecule has 0 radical (unpaired) electrons. The SMILES string of the molecule is Cn1c(-c2ccc(N)c(Cl)c2)nc2cc(Br)ccc21. The molecule has 0 aliphatic rings. The van der Waals surface area contributed by atoms with Crippen molar-refractivity contribution >= 4 is 44.3 Å². The summed E-state index contributed by atoms with van der Waals surface area (Å²) in [5.41, 5.74) is 9.28. The zero-order valence-corrected chi connectivity index (χ0v) is 12.5. The first-order valence-corrected chi connectivity index (χ1v) is 6.91. The van der Waals surface area contributed by atoms with E-state index >= 15 is 0 Å². The van der Waals surface area contributed by atoms with Gasteiger partial charge in [0.25, 0.3) is 0 Å². The second kappa shape index (κ2) is 4.54. The molecule has 2 N–H and O–H groups in total. The van der Waals surface area contributed by atoms with Crippen LogP contribution in [0.25, 0.3) is 22.4 Å². The molecule has 5 heteroatoms. The van der Waals surface area contributed by atoms with Crippen LogP contribution in [0.2, 0.25) is 5.02 Å². The van der Waals surface area contributed by atoms with E-state index in [-0.39, 0.29) is 0 Å². The fraction of sp³-hybridized carbons (Fsp3) is 0.0714. The topological polar surface area (TPSA) is 43.8 Å². The van der Waals surface area contributed by atoms with Crippen LogP contribution in [0.15, 0.2) is 40.9 Å². The van der Waals surface area contributed by atoms with E-state index in [0.717, 1.165) is 26.9 Å². The van der Waals surface area contributed by atoms with Crippen LogP contribution in [-0.4, -0.2) is 9.55 Å². The number of fused-ring (bicyclic) bond motifs is 1. The molecule has 0 bridgehead atoms. The minimum atomic E-state index is 0.547. The molecule has 0 fully saturated rings. The number of nitrogens with two attached hydrogens (primary N) is 1. The summed E-state index contributed by atoms with van der Waals surface area (Å²) in [5, 5.41) is 0.547. The van der Waals surface area contributed by atoms with Crippen molar-refractivity contribution in [1.82, 2.24) is 9.55 Å². The van der Waals surface area contributed by atoms with Crippen LogP contribution in [0.4, 0.5) is 5.69 Å². The van der Waals surface area contributed by atoms with Crippen molar-refractivity contribution in [2.45, 2.75) is 0 Å². The van der Waals surface area contributed by atoms with Crippen LogP contribution >= 0.6 is 27.5 Å². The number of hydrogen-bond donors (Lipinski definition) is 1. The molecule has 0 atom stereocenters. The molecule has 2 aromatic carbocycles. The first-order chi connectivity index (χ1) is 9.06. The number of imidazole rings is 1. The zero-order valence-electron chi connectivity index (χ0n) is 10.2. The standard InChI is InChI=1S/C14H11BrClN3/c1-19-13-5-3-9(15)7-12(13)18-14(19)8-2-4-11(17)10(16)6-8/h2-7H,17H2,1H3. The molecule has 0 unspecified atom stereocenters. The third-order valence-electron chi connectivity index (χ3n) is 3.10. The Hall–Kier alpha value is -1.52. The molecule has 0 aliphatic heterocycles. The first kappa shape index (κ1) is 12.5. The fourth-order valence-electron chi connectivity index (χ4n) is 2.10. The Kier molecular flexibility index (Phi) is 2.99. The van der Waals surface area contributed by atoms with E-state index in [1.54, 1.807) is 6.07 Å². The highest BCUT2D eigenvalue weighted by Crippen LogP contribution is 2.29. The van der Waals surface area contributed by atoms with E-state index in [1.807, 2.05) is 41.9 Å². The highest BCUT2D eigenvalue weighted by molar-refractivity contribution is 9.10. The van der Waals surface area contributed by atoms with Crippen molar-refractivity contribution in [1.29, 1.82) is 0 Å². The lowest BCUT2D eigenvalue weighted by molar-refractivity contribution is 0.959. The molecular weight excluding hydrogens is 326 g/mol. The van der Waals surface area contributed by atoms with Gasteiger partial charge in [0.15, 0.2) is 0 Å². The Labute approximate surface area is 124 Å². The highest BCUT2D eigenvalue weighted by Gasteiger charge is 2.11. The maximum Gasteiger partial charge on any atom is 0.140 e. The zero-order chi connectivity index (χ0) is 13.6. The minimum Gasteiger partial charge on any atom is -0.398 e. The monoisotopic (exact) mass is 335 g/mol. The van der Waals surface area contributed by atoms with E-state index in [4.69, 9.17) is 17.3 Å². The average molecular weight is 337 g/mol. The number of anilines is 1. The summed E-state index contributed by atoms with van der Waals surface area (Å²) in [6.45, 7) is 0. The van der Waals surface area contributed by atoms with Gasteiger partial charge in [-0.2, -0.15) is 0 Å². The van der Waals surface area contributed by atoms with Crippen LogP contribution in [0.5, 0.6) is 0 Å². The van der Waals surface area contributed by atoms with Gasteiger partial charge in [-0.1, -0.05) is 27.5 Å². The van der Waals surface area contributed by atoms with E-state index in [2.05, 4.69) is 20.9 Å². The predicted molar refractivity (Wildman–Crippen MR) is 83.3 cm³/mol. The van der Waals surface area contributed by atoms with Crippen LogP contribution < -0.4 is 5.73 Å². The Balaban J connectivity index is 2.24. The molecule has 0 spiro atoms. The lowest BCUT2D eigenvalue weighted by atomic mass is 10.2. The molecule has 3 nitrogen and oxygen atoms in total. The summed E-state index contributed by atoms with van der Waals surface area (Å²) in [4.78, 5) is 4.65. The largest absolute Gasteiger partial charge is 0.398 e. The molecular formula is C14H11BrClN3. The predicted octanol–water partition coefficient (Wildman–Crippen LogP) is 4.24. The van der Waals surface area contributed by atoms with E-state index in [9.17, 15) is 0 Å². The van der Waals surface area contributed by atoms with Crippen molar-refractivity contribution in [3.63, 3.8) is 0 Å². The lowest BCUT2D eigenvalue weighted by Gasteiger charge is -2.04. The normalized spacial score (nSPS) is 11.1. The quantitative estimate of drug-likeness (QED) is 0.676. The maximum absolute atomic E-state index is 6.07. The van der Waals surface area contributed by atoms with E-state index < -0.39 is 0 Å². The second-order valence-corrected chi connectivity index (χ2v) is 5.69. The fourth-order valence-corrected chi connectivity index (χ4v) is 2.63. The number of nitrogen functional groups attached to an aromatic ring is 1. The van der Waals surface area contributed by atoms with Gasteiger partial charge < -0.3 is 10.3 Å². The van der Waals surface area contributed by atoms with Gasteiger partial charge in [-0.15, -0.1) is 0 Å². The Morgan fingerprint density at radius 3 is 2.74 bits per heavy atom. The molecule has 1 heterocycles. The van der Waals surface area contributed by atoms with Gasteiger partial charge >= 0.3 is 0 Å². The number of nitrogens with zero attached hydrogens (tertiary/aromatic N) is 2. The molecule has 0 saturated heterocycles. The van der Waals surface area contributed by atoms with Crippen molar-refractivity contribution in [3.05, 3.63) is 45.9 Å². The summed E-state index contributed by atoms with van der Waals surface area (Å²) in [6, 6.07) is 11.6. The van der Waals surface area contributed by atoms with E-state index in [1.165, 1.54) is 0 Å². The third kappa shape index (κ3) is 2.11. The molecule has 1 aromatic heterocycles. The summed E-state index contributed by atoms with van der Waals surface area (Å²) in [5.74, 6) is 0.870. The van der Waals surface area contributed by atoms with Crippen molar-refractivity contribution in [2.75, 3.05) is 5.73 Å². The Bertz CT molecular complexity index is 780. The summed E-state index contributed by atoms with van der Waals surface area (Å²) >= 11 is 9.53. The average Bonchev–Trinajstić information content (AvgIpc) is 2.70. The smallest absolute Gasteiger partial charge is 0.140 e. The van der Waals surface area contributed by atoms with Crippen LogP contribution in [0, 0.1) is 0 Å². The van der Waals surface area contributed by atoms with Gasteiger partial charge in [0.05, 0.1) is 21.7 Å². The van der Waals surface area contributed by atoms with E-state index in [0.29, 0.717) is 10.7 Å². The Morgan fingerprint density at radius 1 is 1.21 bits per heavy atom. The highest BCUT2D eigenvalue weighted by atomic mass is 79.9. The van der Waals surface area contributed by atoms with Gasteiger partial charge in [-0.25, -0.2) is 4.98 Å². The summed E-state index contributed by atoms with van der Waals surface area (Å²) in [6.07, 6.45) is 0.